The molecule has 2 N–H and O–H groups in total. The molecule has 6 heteroatoms. The van der Waals surface area contributed by atoms with Gasteiger partial charge in [0.25, 0.3) is 0 Å². The normalized spacial score (nSPS) is 10.5. The lowest BCUT2D eigenvalue weighted by molar-refractivity contribution is 0.0687. The Morgan fingerprint density at radius 3 is 2.69 bits per heavy atom. The van der Waals surface area contributed by atoms with Crippen molar-refractivity contribution in [1.29, 1.82) is 5.26 Å². The first-order valence-electron chi connectivity index (χ1n) is 8.02. The summed E-state index contributed by atoms with van der Waals surface area (Å²) in [5, 5.41) is 29.3. The van der Waals surface area contributed by atoms with Crippen LogP contribution in [0.1, 0.15) is 34.2 Å². The zero-order chi connectivity index (χ0) is 18.8. The Morgan fingerprint density at radius 2 is 2.04 bits per heavy atom. The summed E-state index contributed by atoms with van der Waals surface area (Å²) in [6.07, 6.45) is 0.793. The van der Waals surface area contributed by atoms with Gasteiger partial charge in [-0.25, -0.2) is 9.78 Å². The smallest absolute Gasteiger partial charge is 0.358 e. The molecular formula is C20H16N2O4. The van der Waals surface area contributed by atoms with E-state index in [1.165, 1.54) is 6.07 Å². The van der Waals surface area contributed by atoms with Crippen molar-refractivity contribution in [3.63, 3.8) is 0 Å². The van der Waals surface area contributed by atoms with Gasteiger partial charge in [0, 0.05) is 10.8 Å². The van der Waals surface area contributed by atoms with Crippen molar-refractivity contribution >= 4 is 16.7 Å². The first kappa shape index (κ1) is 17.2. The summed E-state index contributed by atoms with van der Waals surface area (Å²) in [5.74, 6) is -0.734. The predicted octanol–water partition coefficient (Wildman–Crippen LogP) is 4.17. The number of nitrogens with zero attached hydrogens (tertiary/aromatic N) is 2. The SMILES string of the molecule is CCc1cccc(C)c1Oc1ccc2c(C#N)nc(C(=O)O)c(O)c2c1. The van der Waals surface area contributed by atoms with E-state index in [4.69, 9.17) is 4.74 Å². The number of aromatic nitrogens is 1. The van der Waals surface area contributed by atoms with Crippen LogP contribution in [0, 0.1) is 18.3 Å². The minimum atomic E-state index is -1.40. The third kappa shape index (κ3) is 2.91. The van der Waals surface area contributed by atoms with Gasteiger partial charge in [0.05, 0.1) is 0 Å². The third-order valence-electron chi connectivity index (χ3n) is 4.15. The Morgan fingerprint density at radius 1 is 1.27 bits per heavy atom. The number of carboxylic acid groups (broad SMARTS) is 1. The van der Waals surface area contributed by atoms with Gasteiger partial charge in [0.2, 0.25) is 0 Å². The maximum absolute atomic E-state index is 11.3. The van der Waals surface area contributed by atoms with Gasteiger partial charge in [-0.05, 0) is 42.7 Å². The number of nitriles is 1. The minimum absolute atomic E-state index is 0.0631. The number of para-hydroxylation sites is 1. The molecule has 3 aromatic rings. The quantitative estimate of drug-likeness (QED) is 0.733. The Hall–Kier alpha value is -3.59. The summed E-state index contributed by atoms with van der Waals surface area (Å²) in [6, 6.07) is 12.5. The van der Waals surface area contributed by atoms with Crippen LogP contribution in [0.2, 0.25) is 0 Å². The van der Waals surface area contributed by atoms with Gasteiger partial charge in [0.15, 0.2) is 11.4 Å². The zero-order valence-electron chi connectivity index (χ0n) is 14.3. The van der Waals surface area contributed by atoms with E-state index in [0.29, 0.717) is 11.1 Å². The fourth-order valence-corrected chi connectivity index (χ4v) is 2.83. The number of fused-ring (bicyclic) bond motifs is 1. The van der Waals surface area contributed by atoms with Gasteiger partial charge < -0.3 is 14.9 Å². The molecule has 0 fully saturated rings. The number of aromatic carboxylic acids is 1. The van der Waals surface area contributed by atoms with Crippen LogP contribution in [-0.2, 0) is 6.42 Å². The number of carboxylic acids is 1. The predicted molar refractivity (Wildman–Crippen MR) is 95.7 cm³/mol. The molecule has 6 nitrogen and oxygen atoms in total. The molecule has 0 aliphatic rings. The standard InChI is InChI=1S/C20H16N2O4/c1-3-12-6-4-5-11(2)19(12)26-13-7-8-14-15(9-13)18(23)17(20(24)25)22-16(14)10-21/h4-9,23H,3H2,1-2H3,(H,24,25). The number of carbonyl (C=O) groups is 1. The second-order valence-corrected chi connectivity index (χ2v) is 5.80. The van der Waals surface area contributed by atoms with Crippen molar-refractivity contribution in [1.82, 2.24) is 4.98 Å². The average molecular weight is 348 g/mol. The van der Waals surface area contributed by atoms with Crippen LogP contribution in [0.5, 0.6) is 17.2 Å². The number of hydrogen-bond donors (Lipinski definition) is 2. The van der Waals surface area contributed by atoms with E-state index in [2.05, 4.69) is 4.98 Å². The van der Waals surface area contributed by atoms with Gasteiger partial charge in [-0.15, -0.1) is 0 Å². The molecule has 0 aliphatic carbocycles. The molecule has 0 unspecified atom stereocenters. The van der Waals surface area contributed by atoms with E-state index in [1.807, 2.05) is 38.1 Å². The highest BCUT2D eigenvalue weighted by Crippen LogP contribution is 2.35. The Balaban J connectivity index is 2.17. The lowest BCUT2D eigenvalue weighted by atomic mass is 10.1. The summed E-state index contributed by atoms with van der Waals surface area (Å²) in [7, 11) is 0. The van der Waals surface area contributed by atoms with Gasteiger partial charge in [0.1, 0.15) is 23.3 Å². The Labute approximate surface area is 149 Å². The van der Waals surface area contributed by atoms with Gasteiger partial charge in [-0.2, -0.15) is 5.26 Å². The van der Waals surface area contributed by atoms with Crippen LogP contribution in [0.3, 0.4) is 0 Å². The van der Waals surface area contributed by atoms with Crippen molar-refractivity contribution in [2.24, 2.45) is 0 Å². The van der Waals surface area contributed by atoms with E-state index in [9.17, 15) is 20.3 Å². The van der Waals surface area contributed by atoms with Crippen LogP contribution in [-0.4, -0.2) is 21.2 Å². The molecule has 0 radical (unpaired) electrons. The second-order valence-electron chi connectivity index (χ2n) is 5.80. The summed E-state index contributed by atoms with van der Waals surface area (Å²) in [4.78, 5) is 15.0. The van der Waals surface area contributed by atoms with Gasteiger partial charge in [-0.1, -0.05) is 25.1 Å². The molecule has 0 spiro atoms. The van der Waals surface area contributed by atoms with Crippen LogP contribution in [0.15, 0.2) is 36.4 Å². The molecular weight excluding hydrogens is 332 g/mol. The van der Waals surface area contributed by atoms with Crippen molar-refractivity contribution in [3.8, 4) is 23.3 Å². The van der Waals surface area contributed by atoms with Crippen LogP contribution in [0.25, 0.3) is 10.8 Å². The van der Waals surface area contributed by atoms with Gasteiger partial charge in [-0.3, -0.25) is 0 Å². The van der Waals surface area contributed by atoms with Crippen molar-refractivity contribution in [2.45, 2.75) is 20.3 Å². The van der Waals surface area contributed by atoms with Crippen LogP contribution in [0.4, 0.5) is 0 Å². The Bertz CT molecular complexity index is 1070. The van der Waals surface area contributed by atoms with E-state index < -0.39 is 17.4 Å². The maximum Gasteiger partial charge on any atom is 0.358 e. The summed E-state index contributed by atoms with van der Waals surface area (Å²) in [5.41, 5.74) is 1.38. The molecule has 130 valence electrons. The Kier molecular flexibility index (Phi) is 4.46. The van der Waals surface area contributed by atoms with E-state index in [-0.39, 0.29) is 11.1 Å². The highest BCUT2D eigenvalue weighted by atomic mass is 16.5. The molecule has 0 saturated carbocycles. The molecule has 1 aromatic heterocycles. The van der Waals surface area contributed by atoms with E-state index in [1.54, 1.807) is 12.1 Å². The zero-order valence-corrected chi connectivity index (χ0v) is 14.3. The maximum atomic E-state index is 11.3. The fraction of sp³-hybridized carbons (Fsp3) is 0.150. The number of aromatic hydroxyl groups is 1. The van der Waals surface area contributed by atoms with E-state index in [0.717, 1.165) is 23.3 Å². The van der Waals surface area contributed by atoms with Gasteiger partial charge >= 0.3 is 5.97 Å². The molecule has 2 aromatic carbocycles. The summed E-state index contributed by atoms with van der Waals surface area (Å²) >= 11 is 0. The fourth-order valence-electron chi connectivity index (χ4n) is 2.83. The number of pyridine rings is 1. The van der Waals surface area contributed by atoms with Crippen molar-refractivity contribution < 1.29 is 19.7 Å². The second kappa shape index (κ2) is 6.73. The first-order valence-corrected chi connectivity index (χ1v) is 8.02. The number of ether oxygens (including phenoxy) is 1. The molecule has 0 aliphatic heterocycles. The topological polar surface area (TPSA) is 103 Å². The summed E-state index contributed by atoms with van der Waals surface area (Å²) < 4.78 is 6.01. The third-order valence-corrected chi connectivity index (χ3v) is 4.15. The molecule has 3 rings (SSSR count). The highest BCUT2D eigenvalue weighted by Gasteiger charge is 2.19. The average Bonchev–Trinajstić information content (AvgIpc) is 2.63. The van der Waals surface area contributed by atoms with Crippen molar-refractivity contribution in [2.75, 3.05) is 0 Å². The van der Waals surface area contributed by atoms with E-state index >= 15 is 0 Å². The highest BCUT2D eigenvalue weighted by molar-refractivity contribution is 6.00. The molecule has 0 amide bonds. The molecule has 0 atom stereocenters. The van der Waals surface area contributed by atoms with Crippen molar-refractivity contribution in [3.05, 3.63) is 58.9 Å². The molecule has 0 bridgehead atoms. The first-order chi connectivity index (χ1) is 12.5. The lowest BCUT2D eigenvalue weighted by Crippen LogP contribution is -2.03. The molecule has 0 saturated heterocycles. The monoisotopic (exact) mass is 348 g/mol. The molecule has 1 heterocycles. The number of benzene rings is 2. The van der Waals surface area contributed by atoms with Crippen LogP contribution < -0.4 is 4.74 Å². The van der Waals surface area contributed by atoms with Crippen LogP contribution >= 0.6 is 0 Å². The largest absolute Gasteiger partial charge is 0.505 e. The number of rotatable bonds is 4. The number of aryl methyl sites for hydroxylation is 2. The molecule has 26 heavy (non-hydrogen) atoms. The summed E-state index contributed by atoms with van der Waals surface area (Å²) in [6.45, 7) is 3.96. The number of hydrogen-bond acceptors (Lipinski definition) is 5. The lowest BCUT2D eigenvalue weighted by Gasteiger charge is -2.14. The minimum Gasteiger partial charge on any atom is -0.505 e.